The number of hydrogen-bond donors (Lipinski definition) is 2. The Bertz CT molecular complexity index is 601. The predicted molar refractivity (Wildman–Crippen MR) is 86.2 cm³/mol. The summed E-state index contributed by atoms with van der Waals surface area (Å²) in [7, 11) is 0. The molecular weight excluding hydrogens is 284 g/mol. The van der Waals surface area contributed by atoms with E-state index >= 15 is 0 Å². The second-order valence-corrected chi connectivity index (χ2v) is 5.42. The summed E-state index contributed by atoms with van der Waals surface area (Å²) < 4.78 is 0. The highest BCUT2D eigenvalue weighted by atomic mass is 35.5. The van der Waals surface area contributed by atoms with Gasteiger partial charge in [-0.05, 0) is 30.2 Å². The Labute approximate surface area is 130 Å². The molecular formula is C17H19ClN2O. The normalized spacial score (nSPS) is 13.5. The van der Waals surface area contributed by atoms with Crippen LogP contribution in [0.4, 0.5) is 0 Å². The van der Waals surface area contributed by atoms with Crippen molar-refractivity contribution in [2.45, 2.75) is 18.9 Å². The number of carbonyl (C=O) groups is 1. The van der Waals surface area contributed by atoms with Gasteiger partial charge in [0.25, 0.3) is 0 Å². The van der Waals surface area contributed by atoms with Crippen LogP contribution in [0.1, 0.15) is 30.0 Å². The monoisotopic (exact) mass is 302 g/mol. The smallest absolute Gasteiger partial charge is 0.229 e. The first-order chi connectivity index (χ1) is 10.1. The lowest BCUT2D eigenvalue weighted by Crippen LogP contribution is -2.35. The number of hydrogen-bond acceptors (Lipinski definition) is 2. The van der Waals surface area contributed by atoms with Gasteiger partial charge < -0.3 is 11.1 Å². The molecule has 110 valence electrons. The van der Waals surface area contributed by atoms with Crippen molar-refractivity contribution in [1.82, 2.24) is 5.32 Å². The first-order valence-corrected chi connectivity index (χ1v) is 7.30. The highest BCUT2D eigenvalue weighted by molar-refractivity contribution is 6.30. The van der Waals surface area contributed by atoms with Gasteiger partial charge in [-0.3, -0.25) is 4.79 Å². The zero-order valence-corrected chi connectivity index (χ0v) is 12.7. The van der Waals surface area contributed by atoms with Gasteiger partial charge in [0.2, 0.25) is 5.91 Å². The molecule has 2 unspecified atom stereocenters. The van der Waals surface area contributed by atoms with E-state index in [0.29, 0.717) is 5.02 Å². The van der Waals surface area contributed by atoms with Gasteiger partial charge in [0.1, 0.15) is 0 Å². The van der Waals surface area contributed by atoms with Gasteiger partial charge in [0.05, 0.1) is 12.0 Å². The van der Waals surface area contributed by atoms with Crippen LogP contribution in [0.2, 0.25) is 5.02 Å². The van der Waals surface area contributed by atoms with Crippen molar-refractivity contribution >= 4 is 17.5 Å². The van der Waals surface area contributed by atoms with Crippen molar-refractivity contribution < 1.29 is 4.79 Å². The highest BCUT2D eigenvalue weighted by Gasteiger charge is 2.20. The van der Waals surface area contributed by atoms with E-state index in [-0.39, 0.29) is 24.4 Å². The van der Waals surface area contributed by atoms with Crippen molar-refractivity contribution in [1.29, 1.82) is 0 Å². The van der Waals surface area contributed by atoms with Gasteiger partial charge in [-0.1, -0.05) is 54.1 Å². The fraction of sp³-hybridized carbons (Fsp3) is 0.235. The van der Waals surface area contributed by atoms with Gasteiger partial charge in [-0.15, -0.1) is 0 Å². The Morgan fingerprint density at radius 3 is 2.43 bits per heavy atom. The molecule has 2 atom stereocenters. The summed E-state index contributed by atoms with van der Waals surface area (Å²) >= 11 is 5.98. The zero-order valence-electron chi connectivity index (χ0n) is 11.9. The van der Waals surface area contributed by atoms with Crippen LogP contribution in [0.15, 0.2) is 54.6 Å². The molecule has 21 heavy (non-hydrogen) atoms. The van der Waals surface area contributed by atoms with E-state index in [1.807, 2.05) is 61.5 Å². The third kappa shape index (κ3) is 4.06. The standard InChI is InChI=1S/C17H19ClN2O/c1-12(14-8-5-9-15(18)10-14)20-17(21)16(11-19)13-6-3-2-4-7-13/h2-10,12,16H,11,19H2,1H3,(H,20,21). The van der Waals surface area contributed by atoms with Gasteiger partial charge in [0, 0.05) is 11.6 Å². The molecule has 0 saturated carbocycles. The van der Waals surface area contributed by atoms with E-state index in [0.717, 1.165) is 11.1 Å². The molecule has 0 fully saturated rings. The van der Waals surface area contributed by atoms with Crippen LogP contribution in [0.5, 0.6) is 0 Å². The molecule has 3 N–H and O–H groups in total. The van der Waals surface area contributed by atoms with Crippen molar-refractivity contribution in [2.75, 3.05) is 6.54 Å². The first kappa shape index (κ1) is 15.5. The summed E-state index contributed by atoms with van der Waals surface area (Å²) in [5.41, 5.74) is 7.66. The number of amides is 1. The molecule has 0 aromatic heterocycles. The summed E-state index contributed by atoms with van der Waals surface area (Å²) in [5.74, 6) is -0.413. The van der Waals surface area contributed by atoms with Crippen LogP contribution >= 0.6 is 11.6 Å². The molecule has 0 bridgehead atoms. The SMILES string of the molecule is CC(NC(=O)C(CN)c1ccccc1)c1cccc(Cl)c1. The molecule has 0 saturated heterocycles. The third-order valence-corrected chi connectivity index (χ3v) is 3.70. The molecule has 2 rings (SSSR count). The fourth-order valence-corrected chi connectivity index (χ4v) is 2.45. The Hall–Kier alpha value is -1.84. The number of nitrogens with two attached hydrogens (primary N) is 1. The van der Waals surface area contributed by atoms with E-state index in [4.69, 9.17) is 17.3 Å². The van der Waals surface area contributed by atoms with Gasteiger partial charge in [0.15, 0.2) is 0 Å². The third-order valence-electron chi connectivity index (χ3n) is 3.46. The van der Waals surface area contributed by atoms with E-state index in [9.17, 15) is 4.79 Å². The summed E-state index contributed by atoms with van der Waals surface area (Å²) in [6, 6.07) is 16.9. The van der Waals surface area contributed by atoms with Crippen LogP contribution in [0.25, 0.3) is 0 Å². The topological polar surface area (TPSA) is 55.1 Å². The Morgan fingerprint density at radius 1 is 1.14 bits per heavy atom. The number of halogens is 1. The molecule has 1 amide bonds. The maximum atomic E-state index is 12.4. The van der Waals surface area contributed by atoms with E-state index in [2.05, 4.69) is 5.32 Å². The van der Waals surface area contributed by atoms with Crippen molar-refractivity contribution in [3.8, 4) is 0 Å². The maximum absolute atomic E-state index is 12.4. The molecule has 0 aliphatic carbocycles. The lowest BCUT2D eigenvalue weighted by Gasteiger charge is -2.20. The second-order valence-electron chi connectivity index (χ2n) is 4.98. The van der Waals surface area contributed by atoms with E-state index in [1.165, 1.54) is 0 Å². The summed E-state index contributed by atoms with van der Waals surface area (Å²) in [5, 5.41) is 3.65. The fourth-order valence-electron chi connectivity index (χ4n) is 2.25. The molecule has 0 spiro atoms. The minimum Gasteiger partial charge on any atom is -0.349 e. The summed E-state index contributed by atoms with van der Waals surface area (Å²) in [6.45, 7) is 2.21. The van der Waals surface area contributed by atoms with Crippen LogP contribution in [-0.4, -0.2) is 12.5 Å². The van der Waals surface area contributed by atoms with E-state index < -0.39 is 0 Å². The number of carbonyl (C=O) groups excluding carboxylic acids is 1. The first-order valence-electron chi connectivity index (χ1n) is 6.92. The Morgan fingerprint density at radius 2 is 1.81 bits per heavy atom. The number of nitrogens with one attached hydrogen (secondary N) is 1. The minimum absolute atomic E-state index is 0.0730. The van der Waals surface area contributed by atoms with Crippen LogP contribution < -0.4 is 11.1 Å². The Balaban J connectivity index is 2.09. The van der Waals surface area contributed by atoms with Gasteiger partial charge in [-0.2, -0.15) is 0 Å². The quantitative estimate of drug-likeness (QED) is 0.890. The van der Waals surface area contributed by atoms with E-state index in [1.54, 1.807) is 0 Å². The lowest BCUT2D eigenvalue weighted by atomic mass is 9.97. The average molecular weight is 303 g/mol. The maximum Gasteiger partial charge on any atom is 0.229 e. The summed E-state index contributed by atoms with van der Waals surface area (Å²) in [4.78, 5) is 12.4. The molecule has 0 radical (unpaired) electrons. The minimum atomic E-state index is -0.340. The Kier molecular flexibility index (Phi) is 5.37. The lowest BCUT2D eigenvalue weighted by molar-refractivity contribution is -0.123. The molecule has 0 heterocycles. The van der Waals surface area contributed by atoms with Crippen LogP contribution in [0, 0.1) is 0 Å². The molecule has 0 aliphatic heterocycles. The molecule has 2 aromatic carbocycles. The molecule has 3 nitrogen and oxygen atoms in total. The highest BCUT2D eigenvalue weighted by Crippen LogP contribution is 2.20. The zero-order chi connectivity index (χ0) is 15.2. The van der Waals surface area contributed by atoms with Crippen LogP contribution in [0.3, 0.4) is 0 Å². The predicted octanol–water partition coefficient (Wildman–Crippen LogP) is 3.26. The average Bonchev–Trinajstić information content (AvgIpc) is 2.49. The van der Waals surface area contributed by atoms with Crippen molar-refractivity contribution in [3.05, 3.63) is 70.7 Å². The van der Waals surface area contributed by atoms with Crippen molar-refractivity contribution in [3.63, 3.8) is 0 Å². The van der Waals surface area contributed by atoms with Gasteiger partial charge in [-0.25, -0.2) is 0 Å². The van der Waals surface area contributed by atoms with Crippen LogP contribution in [-0.2, 0) is 4.79 Å². The molecule has 0 aliphatic rings. The largest absolute Gasteiger partial charge is 0.349 e. The number of rotatable bonds is 5. The molecule has 2 aromatic rings. The summed E-state index contributed by atoms with van der Waals surface area (Å²) in [6.07, 6.45) is 0. The van der Waals surface area contributed by atoms with Gasteiger partial charge >= 0.3 is 0 Å². The second kappa shape index (κ2) is 7.25. The molecule has 4 heteroatoms. The number of benzene rings is 2. The van der Waals surface area contributed by atoms with Crippen molar-refractivity contribution in [2.24, 2.45) is 5.73 Å².